The Balaban J connectivity index is 3.00. The zero-order chi connectivity index (χ0) is 8.48. The highest BCUT2D eigenvalue weighted by Crippen LogP contribution is 2.30. The minimum atomic E-state index is -1.51. The van der Waals surface area contributed by atoms with Crippen molar-refractivity contribution in [1.82, 2.24) is 0 Å². The first-order valence-corrected chi connectivity index (χ1v) is 3.52. The van der Waals surface area contributed by atoms with Crippen molar-refractivity contribution in [2.24, 2.45) is 5.18 Å². The van der Waals surface area contributed by atoms with Crippen LogP contribution in [-0.2, 0) is 9.59 Å². The molecule has 1 atom stereocenters. The van der Waals surface area contributed by atoms with Crippen molar-refractivity contribution in [3.05, 3.63) is 4.91 Å². The van der Waals surface area contributed by atoms with Gasteiger partial charge in [-0.2, -0.15) is 0 Å². The van der Waals surface area contributed by atoms with Gasteiger partial charge in [-0.25, -0.2) is 0 Å². The molecule has 0 aliphatic heterocycles. The SMILES string of the molecule is CC(=O)C1(N=O)CCCC1=O. The van der Waals surface area contributed by atoms with Gasteiger partial charge in [0.05, 0.1) is 0 Å². The van der Waals surface area contributed by atoms with Gasteiger partial charge in [0.2, 0.25) is 5.54 Å². The molecule has 0 aromatic rings. The highest BCUT2D eigenvalue weighted by Gasteiger charge is 2.48. The number of Topliss-reactive ketones (excluding diaryl/α,β-unsaturated/α-hetero) is 2. The summed E-state index contributed by atoms with van der Waals surface area (Å²) in [5, 5.41) is 2.65. The molecule has 1 aliphatic carbocycles. The summed E-state index contributed by atoms with van der Waals surface area (Å²) in [5.74, 6) is -0.741. The van der Waals surface area contributed by atoms with Crippen LogP contribution in [0.4, 0.5) is 0 Å². The number of rotatable bonds is 2. The minimum Gasteiger partial charge on any atom is -0.297 e. The van der Waals surface area contributed by atoms with E-state index in [-0.39, 0.29) is 5.78 Å². The van der Waals surface area contributed by atoms with Crippen molar-refractivity contribution in [2.75, 3.05) is 0 Å². The van der Waals surface area contributed by atoms with Gasteiger partial charge in [0, 0.05) is 6.42 Å². The van der Waals surface area contributed by atoms with E-state index in [0.717, 1.165) is 0 Å². The molecule has 0 N–H and O–H groups in total. The van der Waals surface area contributed by atoms with E-state index in [1.54, 1.807) is 0 Å². The highest BCUT2D eigenvalue weighted by molar-refractivity contribution is 6.12. The van der Waals surface area contributed by atoms with E-state index in [1.165, 1.54) is 6.92 Å². The molecule has 0 radical (unpaired) electrons. The molecule has 4 heteroatoms. The Morgan fingerprint density at radius 2 is 2.27 bits per heavy atom. The van der Waals surface area contributed by atoms with Gasteiger partial charge in [-0.3, -0.25) is 9.59 Å². The molecule has 11 heavy (non-hydrogen) atoms. The normalized spacial score (nSPS) is 30.5. The monoisotopic (exact) mass is 155 g/mol. The van der Waals surface area contributed by atoms with Gasteiger partial charge in [-0.05, 0) is 24.9 Å². The van der Waals surface area contributed by atoms with Crippen molar-refractivity contribution in [3.63, 3.8) is 0 Å². The lowest BCUT2D eigenvalue weighted by Gasteiger charge is -2.12. The quantitative estimate of drug-likeness (QED) is 0.438. The van der Waals surface area contributed by atoms with E-state index in [2.05, 4.69) is 5.18 Å². The van der Waals surface area contributed by atoms with E-state index in [1.807, 2.05) is 0 Å². The van der Waals surface area contributed by atoms with E-state index < -0.39 is 11.3 Å². The molecule has 1 saturated carbocycles. The van der Waals surface area contributed by atoms with Crippen molar-refractivity contribution in [3.8, 4) is 0 Å². The molecule has 1 unspecified atom stereocenters. The Labute approximate surface area is 63.9 Å². The molecule has 0 bridgehead atoms. The summed E-state index contributed by atoms with van der Waals surface area (Å²) in [6.45, 7) is 1.24. The van der Waals surface area contributed by atoms with Crippen LogP contribution < -0.4 is 0 Å². The highest BCUT2D eigenvalue weighted by atomic mass is 16.3. The molecule has 0 amide bonds. The second kappa shape index (κ2) is 2.53. The standard InChI is InChI=1S/C7H9NO3/c1-5(9)7(8-11)4-2-3-6(7)10/h2-4H2,1H3. The summed E-state index contributed by atoms with van der Waals surface area (Å²) >= 11 is 0. The number of nitroso groups, excluding NO2 is 1. The number of ketones is 2. The van der Waals surface area contributed by atoms with Crippen LogP contribution in [0.2, 0.25) is 0 Å². The first kappa shape index (κ1) is 8.04. The topological polar surface area (TPSA) is 63.6 Å². The fraction of sp³-hybridized carbons (Fsp3) is 0.714. The zero-order valence-electron chi connectivity index (χ0n) is 6.29. The molecule has 0 heterocycles. The predicted octanol–water partition coefficient (Wildman–Crippen LogP) is 0.834. The number of hydrogen-bond donors (Lipinski definition) is 0. The molecule has 4 nitrogen and oxygen atoms in total. The molecule has 60 valence electrons. The minimum absolute atomic E-state index is 0.296. The molecular weight excluding hydrogens is 146 g/mol. The third kappa shape index (κ3) is 0.982. The molecule has 0 aromatic heterocycles. The van der Waals surface area contributed by atoms with Crippen LogP contribution in [0.25, 0.3) is 0 Å². The Bertz CT molecular complexity index is 224. The van der Waals surface area contributed by atoms with E-state index >= 15 is 0 Å². The smallest absolute Gasteiger partial charge is 0.217 e. The van der Waals surface area contributed by atoms with Gasteiger partial charge in [-0.15, -0.1) is 4.91 Å². The van der Waals surface area contributed by atoms with Crippen LogP contribution in [0.15, 0.2) is 5.18 Å². The predicted molar refractivity (Wildman–Crippen MR) is 38.1 cm³/mol. The molecule has 1 fully saturated rings. The lowest BCUT2D eigenvalue weighted by atomic mass is 9.93. The summed E-state index contributed by atoms with van der Waals surface area (Å²) in [6, 6.07) is 0. The number of carbonyl (C=O) groups is 2. The van der Waals surface area contributed by atoms with Crippen LogP contribution in [0.5, 0.6) is 0 Å². The van der Waals surface area contributed by atoms with Gasteiger partial charge in [-0.1, -0.05) is 0 Å². The molecule has 0 aromatic carbocycles. The largest absolute Gasteiger partial charge is 0.297 e. The van der Waals surface area contributed by atoms with Crippen LogP contribution >= 0.6 is 0 Å². The summed E-state index contributed by atoms with van der Waals surface area (Å²) in [6.07, 6.45) is 1.21. The first-order chi connectivity index (χ1) is 5.13. The molecule has 0 spiro atoms. The average Bonchev–Trinajstić information content (AvgIpc) is 2.32. The maximum Gasteiger partial charge on any atom is 0.217 e. The van der Waals surface area contributed by atoms with Crippen molar-refractivity contribution >= 4 is 11.6 Å². The summed E-state index contributed by atoms with van der Waals surface area (Å²) in [4.78, 5) is 32.2. The van der Waals surface area contributed by atoms with Gasteiger partial charge in [0.25, 0.3) is 0 Å². The second-order valence-corrected chi connectivity index (χ2v) is 2.78. The second-order valence-electron chi connectivity index (χ2n) is 2.78. The van der Waals surface area contributed by atoms with Crippen molar-refractivity contribution in [2.45, 2.75) is 31.7 Å². The first-order valence-electron chi connectivity index (χ1n) is 3.52. The Hall–Kier alpha value is -1.06. The number of hydrogen-bond acceptors (Lipinski definition) is 4. The van der Waals surface area contributed by atoms with Gasteiger partial charge >= 0.3 is 0 Å². The number of nitrogens with zero attached hydrogens (tertiary/aromatic N) is 1. The Morgan fingerprint density at radius 1 is 1.64 bits per heavy atom. The molecule has 0 saturated heterocycles. The van der Waals surface area contributed by atoms with E-state index in [4.69, 9.17) is 0 Å². The van der Waals surface area contributed by atoms with E-state index in [0.29, 0.717) is 19.3 Å². The third-order valence-corrected chi connectivity index (χ3v) is 2.14. The summed E-state index contributed by atoms with van der Waals surface area (Å²) in [7, 11) is 0. The van der Waals surface area contributed by atoms with Crippen molar-refractivity contribution in [1.29, 1.82) is 0 Å². The van der Waals surface area contributed by atoms with Crippen LogP contribution in [0.3, 0.4) is 0 Å². The average molecular weight is 155 g/mol. The van der Waals surface area contributed by atoms with Crippen LogP contribution in [-0.4, -0.2) is 17.1 Å². The van der Waals surface area contributed by atoms with Gasteiger partial charge in [0.15, 0.2) is 11.6 Å². The maximum absolute atomic E-state index is 11.1. The maximum atomic E-state index is 11.1. The molecular formula is C7H9NO3. The van der Waals surface area contributed by atoms with Crippen molar-refractivity contribution < 1.29 is 9.59 Å². The van der Waals surface area contributed by atoms with E-state index in [9.17, 15) is 14.5 Å². The molecule has 1 rings (SSSR count). The van der Waals surface area contributed by atoms with Gasteiger partial charge in [0.1, 0.15) is 0 Å². The number of carbonyl (C=O) groups excluding carboxylic acids is 2. The lowest BCUT2D eigenvalue weighted by Crippen LogP contribution is -2.38. The third-order valence-electron chi connectivity index (χ3n) is 2.14. The fourth-order valence-corrected chi connectivity index (χ4v) is 1.38. The Morgan fingerprint density at radius 3 is 2.45 bits per heavy atom. The molecule has 1 aliphatic rings. The lowest BCUT2D eigenvalue weighted by molar-refractivity contribution is -0.131. The summed E-state index contributed by atoms with van der Waals surface area (Å²) < 4.78 is 0. The Kier molecular flexibility index (Phi) is 1.85. The van der Waals surface area contributed by atoms with Crippen LogP contribution in [0, 0.1) is 4.91 Å². The van der Waals surface area contributed by atoms with Gasteiger partial charge < -0.3 is 0 Å². The summed E-state index contributed by atoms with van der Waals surface area (Å²) in [5.41, 5.74) is -1.51. The fourth-order valence-electron chi connectivity index (χ4n) is 1.38. The van der Waals surface area contributed by atoms with Crippen LogP contribution in [0.1, 0.15) is 26.2 Å². The zero-order valence-corrected chi connectivity index (χ0v) is 6.29.